The molecule has 4 rings (SSSR count). The standard InChI is InChI=1S/C20H21N7O/c1-13(2)27-12-24-17-19(23-8-7-14-3-5-15(28)6-4-14)25-18(26-20(17)27)16-11-21-9-10-22-16/h3-6,9-13,28H,7-8H2,1-2H3,(H,23,25,26). The lowest BCUT2D eigenvalue weighted by atomic mass is 10.1. The van der Waals surface area contributed by atoms with Crippen LogP contribution in [0.3, 0.4) is 0 Å². The molecule has 0 aliphatic heterocycles. The molecular formula is C20H21N7O. The third-order valence-electron chi connectivity index (χ3n) is 4.41. The van der Waals surface area contributed by atoms with Crippen molar-refractivity contribution in [2.75, 3.05) is 11.9 Å². The summed E-state index contributed by atoms with van der Waals surface area (Å²) in [5.41, 5.74) is 3.23. The van der Waals surface area contributed by atoms with E-state index in [1.54, 1.807) is 37.1 Å². The summed E-state index contributed by atoms with van der Waals surface area (Å²) < 4.78 is 2.02. The van der Waals surface area contributed by atoms with Crippen LogP contribution in [0.4, 0.5) is 5.82 Å². The van der Waals surface area contributed by atoms with Gasteiger partial charge in [-0.15, -0.1) is 0 Å². The van der Waals surface area contributed by atoms with Crippen molar-refractivity contribution in [3.05, 3.63) is 54.7 Å². The molecule has 0 unspecified atom stereocenters. The summed E-state index contributed by atoms with van der Waals surface area (Å²) in [5.74, 6) is 1.45. The number of anilines is 1. The minimum absolute atomic E-state index is 0.222. The van der Waals surface area contributed by atoms with Crippen molar-refractivity contribution in [3.8, 4) is 17.3 Å². The number of benzene rings is 1. The molecule has 142 valence electrons. The molecule has 28 heavy (non-hydrogen) atoms. The van der Waals surface area contributed by atoms with Crippen molar-refractivity contribution in [1.29, 1.82) is 0 Å². The Kier molecular flexibility index (Phi) is 4.84. The molecule has 3 aromatic heterocycles. The number of aromatic nitrogens is 6. The number of phenolic OH excluding ortho intramolecular Hbond substituents is 1. The van der Waals surface area contributed by atoms with Gasteiger partial charge in [-0.3, -0.25) is 4.98 Å². The van der Waals surface area contributed by atoms with E-state index in [9.17, 15) is 5.11 Å². The zero-order valence-electron chi connectivity index (χ0n) is 15.7. The maximum Gasteiger partial charge on any atom is 0.183 e. The predicted octanol–water partition coefficient (Wildman–Crippen LogP) is 3.22. The van der Waals surface area contributed by atoms with E-state index in [0.717, 1.165) is 23.1 Å². The van der Waals surface area contributed by atoms with Gasteiger partial charge in [0.2, 0.25) is 0 Å². The highest BCUT2D eigenvalue weighted by Crippen LogP contribution is 2.25. The van der Waals surface area contributed by atoms with Crippen molar-refractivity contribution >= 4 is 17.0 Å². The monoisotopic (exact) mass is 375 g/mol. The van der Waals surface area contributed by atoms with Crippen LogP contribution in [0, 0.1) is 0 Å². The second-order valence-electron chi connectivity index (χ2n) is 6.75. The molecular weight excluding hydrogens is 354 g/mol. The van der Waals surface area contributed by atoms with E-state index in [1.807, 2.05) is 16.7 Å². The highest BCUT2D eigenvalue weighted by molar-refractivity contribution is 5.84. The van der Waals surface area contributed by atoms with Crippen LogP contribution < -0.4 is 5.32 Å². The van der Waals surface area contributed by atoms with E-state index >= 15 is 0 Å². The number of imidazole rings is 1. The molecule has 1 aromatic carbocycles. The Bertz CT molecular complexity index is 1080. The molecule has 0 radical (unpaired) electrons. The molecule has 0 spiro atoms. The molecule has 0 aliphatic carbocycles. The molecule has 3 heterocycles. The zero-order valence-corrected chi connectivity index (χ0v) is 15.7. The Morgan fingerprint density at radius 1 is 1.07 bits per heavy atom. The van der Waals surface area contributed by atoms with Crippen LogP contribution in [0.25, 0.3) is 22.7 Å². The number of phenols is 1. The van der Waals surface area contributed by atoms with Gasteiger partial charge in [-0.05, 0) is 38.0 Å². The molecule has 0 bridgehead atoms. The van der Waals surface area contributed by atoms with Crippen molar-refractivity contribution in [1.82, 2.24) is 29.5 Å². The number of hydrogen-bond acceptors (Lipinski definition) is 7. The molecule has 0 saturated carbocycles. The third-order valence-corrected chi connectivity index (χ3v) is 4.41. The fourth-order valence-electron chi connectivity index (χ4n) is 2.93. The number of nitrogens with one attached hydrogen (secondary N) is 1. The van der Waals surface area contributed by atoms with Gasteiger partial charge in [0, 0.05) is 25.0 Å². The summed E-state index contributed by atoms with van der Waals surface area (Å²) in [6, 6.07) is 7.42. The van der Waals surface area contributed by atoms with Crippen LogP contribution >= 0.6 is 0 Å². The van der Waals surface area contributed by atoms with Gasteiger partial charge in [-0.25, -0.2) is 19.9 Å². The van der Waals surface area contributed by atoms with E-state index < -0.39 is 0 Å². The largest absolute Gasteiger partial charge is 0.508 e. The summed E-state index contributed by atoms with van der Waals surface area (Å²) in [7, 11) is 0. The molecule has 4 aromatic rings. The quantitative estimate of drug-likeness (QED) is 0.533. The van der Waals surface area contributed by atoms with E-state index in [4.69, 9.17) is 0 Å². The summed E-state index contributed by atoms with van der Waals surface area (Å²) in [6.07, 6.45) is 7.47. The van der Waals surface area contributed by atoms with Crippen molar-refractivity contribution in [2.24, 2.45) is 0 Å². The highest BCUT2D eigenvalue weighted by atomic mass is 16.3. The van der Waals surface area contributed by atoms with Crippen LogP contribution in [0.2, 0.25) is 0 Å². The second-order valence-corrected chi connectivity index (χ2v) is 6.75. The third kappa shape index (κ3) is 3.62. The first kappa shape index (κ1) is 17.8. The van der Waals surface area contributed by atoms with E-state index in [2.05, 4.69) is 44.1 Å². The first-order valence-electron chi connectivity index (χ1n) is 9.14. The van der Waals surface area contributed by atoms with Crippen LogP contribution in [0.15, 0.2) is 49.2 Å². The molecule has 8 nitrogen and oxygen atoms in total. The molecule has 0 aliphatic rings. The van der Waals surface area contributed by atoms with Crippen LogP contribution in [-0.2, 0) is 6.42 Å². The molecule has 0 saturated heterocycles. The highest BCUT2D eigenvalue weighted by Gasteiger charge is 2.16. The summed E-state index contributed by atoms with van der Waals surface area (Å²) in [6.45, 7) is 4.84. The topological polar surface area (TPSA) is 102 Å². The maximum absolute atomic E-state index is 9.41. The van der Waals surface area contributed by atoms with Gasteiger partial charge >= 0.3 is 0 Å². The number of rotatable bonds is 6. The summed E-state index contributed by atoms with van der Waals surface area (Å²) in [4.78, 5) is 22.3. The number of aromatic hydroxyl groups is 1. The first-order chi connectivity index (χ1) is 13.6. The minimum Gasteiger partial charge on any atom is -0.508 e. The fourth-order valence-corrected chi connectivity index (χ4v) is 2.93. The van der Waals surface area contributed by atoms with Crippen LogP contribution in [-0.4, -0.2) is 41.1 Å². The molecule has 0 fully saturated rings. The first-order valence-corrected chi connectivity index (χ1v) is 9.14. The molecule has 2 N–H and O–H groups in total. The maximum atomic E-state index is 9.41. The predicted molar refractivity (Wildman–Crippen MR) is 107 cm³/mol. The van der Waals surface area contributed by atoms with E-state index in [1.165, 1.54) is 0 Å². The van der Waals surface area contributed by atoms with E-state index in [0.29, 0.717) is 23.9 Å². The van der Waals surface area contributed by atoms with E-state index in [-0.39, 0.29) is 11.8 Å². The fraction of sp³-hybridized carbons (Fsp3) is 0.250. The lowest BCUT2D eigenvalue weighted by Crippen LogP contribution is -2.09. The SMILES string of the molecule is CC(C)n1cnc2c(NCCc3ccc(O)cc3)nc(-c3cnccn3)nc21. The number of nitrogens with zero attached hydrogens (tertiary/aromatic N) is 6. The average Bonchev–Trinajstić information content (AvgIpc) is 3.14. The normalized spacial score (nSPS) is 11.2. The Hall–Kier alpha value is -3.55. The lowest BCUT2D eigenvalue weighted by Gasteiger charge is -2.11. The zero-order chi connectivity index (χ0) is 19.5. The van der Waals surface area contributed by atoms with Gasteiger partial charge in [-0.1, -0.05) is 12.1 Å². The van der Waals surface area contributed by atoms with Gasteiger partial charge in [-0.2, -0.15) is 0 Å². The summed E-state index contributed by atoms with van der Waals surface area (Å²) in [5, 5.41) is 12.8. The lowest BCUT2D eigenvalue weighted by molar-refractivity contribution is 0.475. The van der Waals surface area contributed by atoms with Crippen molar-refractivity contribution in [3.63, 3.8) is 0 Å². The smallest absolute Gasteiger partial charge is 0.183 e. The van der Waals surface area contributed by atoms with Crippen molar-refractivity contribution < 1.29 is 5.11 Å². The van der Waals surface area contributed by atoms with Gasteiger partial charge in [0.15, 0.2) is 17.3 Å². The molecule has 0 atom stereocenters. The Morgan fingerprint density at radius 3 is 2.61 bits per heavy atom. The van der Waals surface area contributed by atoms with Gasteiger partial charge in [0.1, 0.15) is 17.0 Å². The van der Waals surface area contributed by atoms with Crippen molar-refractivity contribution in [2.45, 2.75) is 26.3 Å². The van der Waals surface area contributed by atoms with Gasteiger partial charge in [0.25, 0.3) is 0 Å². The second kappa shape index (κ2) is 7.59. The Labute approximate surface area is 162 Å². The Balaban J connectivity index is 1.66. The number of fused-ring (bicyclic) bond motifs is 1. The molecule has 0 amide bonds. The van der Waals surface area contributed by atoms with Crippen LogP contribution in [0.5, 0.6) is 5.75 Å². The minimum atomic E-state index is 0.222. The van der Waals surface area contributed by atoms with Gasteiger partial charge in [0.05, 0.1) is 12.5 Å². The Morgan fingerprint density at radius 2 is 1.89 bits per heavy atom. The summed E-state index contributed by atoms with van der Waals surface area (Å²) >= 11 is 0. The molecule has 8 heteroatoms. The average molecular weight is 375 g/mol. The van der Waals surface area contributed by atoms with Gasteiger partial charge < -0.3 is 15.0 Å². The number of hydrogen-bond donors (Lipinski definition) is 2. The van der Waals surface area contributed by atoms with Crippen LogP contribution in [0.1, 0.15) is 25.5 Å².